The summed E-state index contributed by atoms with van der Waals surface area (Å²) in [4.78, 5) is 35.4. The van der Waals surface area contributed by atoms with Crippen LogP contribution >= 0.6 is 0 Å². The highest BCUT2D eigenvalue weighted by atomic mass is 19.4. The lowest BCUT2D eigenvalue weighted by molar-refractivity contribution is -0.138. The van der Waals surface area contributed by atoms with E-state index < -0.39 is 35.9 Å². The first-order valence-corrected chi connectivity index (χ1v) is 7.82. The van der Waals surface area contributed by atoms with Gasteiger partial charge in [-0.05, 0) is 31.2 Å². The number of anilines is 2. The molecule has 3 rings (SSSR count). The van der Waals surface area contributed by atoms with Crippen molar-refractivity contribution in [2.45, 2.75) is 25.7 Å². The van der Waals surface area contributed by atoms with Gasteiger partial charge in [0, 0.05) is 18.0 Å². The maximum Gasteiger partial charge on any atom is 0.417 e. The zero-order valence-corrected chi connectivity index (χ0v) is 14.0. The van der Waals surface area contributed by atoms with Crippen molar-refractivity contribution in [1.82, 2.24) is 4.57 Å². The maximum atomic E-state index is 12.7. The van der Waals surface area contributed by atoms with E-state index in [2.05, 4.69) is 10.6 Å². The van der Waals surface area contributed by atoms with E-state index in [1.54, 1.807) is 6.92 Å². The summed E-state index contributed by atoms with van der Waals surface area (Å²) >= 11 is 0. The number of nitrogens with one attached hydrogen (secondary N) is 2. The number of hydrogen-bond acceptors (Lipinski definition) is 4. The van der Waals surface area contributed by atoms with Crippen LogP contribution in [0.15, 0.2) is 41.3 Å². The summed E-state index contributed by atoms with van der Waals surface area (Å²) in [7, 11) is 0. The molecule has 1 aliphatic heterocycles. The lowest BCUT2D eigenvalue weighted by Gasteiger charge is -2.23. The van der Waals surface area contributed by atoms with Crippen molar-refractivity contribution in [3.05, 3.63) is 52.4 Å². The highest BCUT2D eigenvalue weighted by molar-refractivity contribution is 5.99. The molecular weight excluding hydrogens is 367 g/mol. The number of halogens is 3. The molecule has 0 bridgehead atoms. The van der Waals surface area contributed by atoms with Gasteiger partial charge in [0.15, 0.2) is 6.10 Å². The van der Waals surface area contributed by atoms with Crippen LogP contribution in [-0.2, 0) is 22.3 Å². The van der Waals surface area contributed by atoms with E-state index in [-0.39, 0.29) is 11.6 Å². The molecule has 2 aromatic rings. The summed E-state index contributed by atoms with van der Waals surface area (Å²) in [5.41, 5.74) is -1.12. The second kappa shape index (κ2) is 6.78. The van der Waals surface area contributed by atoms with Crippen LogP contribution in [0, 0.1) is 0 Å². The number of alkyl halides is 3. The average molecular weight is 381 g/mol. The molecule has 0 saturated carbocycles. The van der Waals surface area contributed by atoms with E-state index in [0.29, 0.717) is 28.3 Å². The van der Waals surface area contributed by atoms with Crippen LogP contribution in [0.25, 0.3) is 0 Å². The smallest absolute Gasteiger partial charge is 0.417 e. The summed E-state index contributed by atoms with van der Waals surface area (Å²) < 4.78 is 44.3. The number of hydrogen-bond donors (Lipinski definition) is 2. The summed E-state index contributed by atoms with van der Waals surface area (Å²) in [6.07, 6.45) is -4.69. The highest BCUT2D eigenvalue weighted by Gasteiger charge is 2.31. The lowest BCUT2D eigenvalue weighted by atomic mass is 10.2. The second-order valence-electron chi connectivity index (χ2n) is 5.89. The monoisotopic (exact) mass is 381 g/mol. The van der Waals surface area contributed by atoms with Gasteiger partial charge in [0.25, 0.3) is 11.5 Å². The van der Waals surface area contributed by atoms with E-state index in [0.717, 1.165) is 6.07 Å². The molecule has 0 radical (unpaired) electrons. The largest absolute Gasteiger partial charge is 0.479 e. The Balaban J connectivity index is 1.75. The number of pyridine rings is 1. The number of ether oxygens (including phenoxy) is 1. The third-order valence-electron chi connectivity index (χ3n) is 3.82. The van der Waals surface area contributed by atoms with Gasteiger partial charge in [-0.15, -0.1) is 0 Å². The topological polar surface area (TPSA) is 89.4 Å². The highest BCUT2D eigenvalue weighted by Crippen LogP contribution is 2.32. The first-order valence-electron chi connectivity index (χ1n) is 7.82. The Kier molecular flexibility index (Phi) is 4.64. The number of benzene rings is 1. The van der Waals surface area contributed by atoms with Gasteiger partial charge in [-0.25, -0.2) is 0 Å². The van der Waals surface area contributed by atoms with Crippen LogP contribution in [0.4, 0.5) is 24.5 Å². The van der Waals surface area contributed by atoms with Gasteiger partial charge in [0.05, 0.1) is 11.3 Å². The fourth-order valence-corrected chi connectivity index (χ4v) is 2.46. The molecule has 27 heavy (non-hydrogen) atoms. The van der Waals surface area contributed by atoms with Crippen molar-refractivity contribution < 1.29 is 27.5 Å². The van der Waals surface area contributed by atoms with Crippen LogP contribution in [0.1, 0.15) is 12.5 Å². The number of amides is 2. The van der Waals surface area contributed by atoms with Gasteiger partial charge in [0.2, 0.25) is 5.91 Å². The third-order valence-corrected chi connectivity index (χ3v) is 3.82. The van der Waals surface area contributed by atoms with Crippen molar-refractivity contribution in [3.63, 3.8) is 0 Å². The predicted molar refractivity (Wildman–Crippen MR) is 89.5 cm³/mol. The Morgan fingerprint density at radius 3 is 2.70 bits per heavy atom. The summed E-state index contributed by atoms with van der Waals surface area (Å²) in [6, 6.07) is 5.91. The van der Waals surface area contributed by atoms with E-state index >= 15 is 0 Å². The Morgan fingerprint density at radius 2 is 2.00 bits per heavy atom. The maximum absolute atomic E-state index is 12.7. The molecular formula is C17H14F3N3O4. The minimum absolute atomic E-state index is 0.289. The molecule has 1 aromatic heterocycles. The van der Waals surface area contributed by atoms with Crippen molar-refractivity contribution >= 4 is 23.2 Å². The molecule has 2 N–H and O–H groups in total. The molecule has 2 heterocycles. The third kappa shape index (κ3) is 4.10. The van der Waals surface area contributed by atoms with Crippen molar-refractivity contribution in [1.29, 1.82) is 0 Å². The van der Waals surface area contributed by atoms with Gasteiger partial charge in [-0.3, -0.25) is 14.4 Å². The van der Waals surface area contributed by atoms with Crippen molar-refractivity contribution in [2.24, 2.45) is 0 Å². The van der Waals surface area contributed by atoms with Gasteiger partial charge in [-0.2, -0.15) is 13.2 Å². The Bertz CT molecular complexity index is 969. The minimum Gasteiger partial charge on any atom is -0.479 e. The SMILES string of the molecule is CC1Oc2ccc(NC(=O)Cn3cc(C(F)(F)F)ccc3=O)cc2NC1=O. The van der Waals surface area contributed by atoms with Gasteiger partial charge >= 0.3 is 6.18 Å². The Hall–Kier alpha value is -3.30. The summed E-state index contributed by atoms with van der Waals surface area (Å²) in [5, 5.41) is 5.08. The number of rotatable bonds is 3. The first kappa shape index (κ1) is 18.5. The molecule has 1 aliphatic rings. The summed E-state index contributed by atoms with van der Waals surface area (Å²) in [6.45, 7) is 0.987. The van der Waals surface area contributed by atoms with Crippen LogP contribution in [0.2, 0.25) is 0 Å². The second-order valence-corrected chi connectivity index (χ2v) is 5.89. The van der Waals surface area contributed by atoms with E-state index in [9.17, 15) is 27.6 Å². The molecule has 7 nitrogen and oxygen atoms in total. The van der Waals surface area contributed by atoms with Crippen LogP contribution in [-0.4, -0.2) is 22.5 Å². The zero-order chi connectivity index (χ0) is 19.8. The van der Waals surface area contributed by atoms with Gasteiger partial charge in [-0.1, -0.05) is 0 Å². The number of carbonyl (C=O) groups is 2. The van der Waals surface area contributed by atoms with Crippen molar-refractivity contribution in [3.8, 4) is 5.75 Å². The first-order chi connectivity index (χ1) is 12.6. The number of fused-ring (bicyclic) bond motifs is 1. The number of aromatic nitrogens is 1. The molecule has 2 amide bonds. The molecule has 1 atom stereocenters. The van der Waals surface area contributed by atoms with E-state index in [4.69, 9.17) is 4.74 Å². The Labute approximate surface area is 150 Å². The number of carbonyl (C=O) groups excluding carboxylic acids is 2. The van der Waals surface area contributed by atoms with E-state index in [1.165, 1.54) is 18.2 Å². The standard InChI is InChI=1S/C17H14F3N3O4/c1-9-16(26)22-12-6-11(3-4-13(12)27-9)21-14(24)8-23-7-10(17(18,19)20)2-5-15(23)25/h2-7,9H,8H2,1H3,(H,21,24)(H,22,26). The van der Waals surface area contributed by atoms with Gasteiger partial charge < -0.3 is 19.9 Å². The Morgan fingerprint density at radius 1 is 1.26 bits per heavy atom. The quantitative estimate of drug-likeness (QED) is 0.853. The van der Waals surface area contributed by atoms with Crippen molar-refractivity contribution in [2.75, 3.05) is 10.6 Å². The molecule has 0 aliphatic carbocycles. The lowest BCUT2D eigenvalue weighted by Crippen LogP contribution is -2.34. The predicted octanol–water partition coefficient (Wildman–Crippen LogP) is 2.23. The molecule has 0 spiro atoms. The average Bonchev–Trinajstić information content (AvgIpc) is 2.57. The molecule has 1 aromatic carbocycles. The summed E-state index contributed by atoms with van der Waals surface area (Å²) in [5.74, 6) is -0.622. The number of nitrogens with zero attached hydrogens (tertiary/aromatic N) is 1. The van der Waals surface area contributed by atoms with Crippen LogP contribution < -0.4 is 20.9 Å². The normalized spacial score (nSPS) is 16.1. The fraction of sp³-hybridized carbons (Fsp3) is 0.235. The van der Waals surface area contributed by atoms with Gasteiger partial charge in [0.1, 0.15) is 12.3 Å². The molecule has 1 unspecified atom stereocenters. The van der Waals surface area contributed by atoms with Crippen LogP contribution in [0.3, 0.4) is 0 Å². The van der Waals surface area contributed by atoms with E-state index in [1.807, 2.05) is 0 Å². The minimum atomic E-state index is -4.63. The zero-order valence-electron chi connectivity index (χ0n) is 14.0. The molecule has 10 heteroatoms. The molecule has 0 fully saturated rings. The molecule has 142 valence electrons. The molecule has 0 saturated heterocycles. The van der Waals surface area contributed by atoms with Crippen LogP contribution in [0.5, 0.6) is 5.75 Å². The fourth-order valence-electron chi connectivity index (χ4n) is 2.46.